The fourth-order valence-electron chi connectivity index (χ4n) is 2.92. The molecule has 0 N–H and O–H groups in total. The summed E-state index contributed by atoms with van der Waals surface area (Å²) in [5.41, 5.74) is 1.16. The van der Waals surface area contributed by atoms with Crippen molar-refractivity contribution in [2.24, 2.45) is 0 Å². The third kappa shape index (κ3) is 1.88. The summed E-state index contributed by atoms with van der Waals surface area (Å²) in [6.07, 6.45) is 3.17. The summed E-state index contributed by atoms with van der Waals surface area (Å²) in [4.78, 5) is 14.4. The summed E-state index contributed by atoms with van der Waals surface area (Å²) in [6.45, 7) is 3.86. The van der Waals surface area contributed by atoms with E-state index >= 15 is 0 Å². The molecule has 0 bridgehead atoms. The molecular formula is C15H19NO2. The highest BCUT2D eigenvalue weighted by atomic mass is 16.5. The van der Waals surface area contributed by atoms with Crippen molar-refractivity contribution < 1.29 is 9.53 Å². The van der Waals surface area contributed by atoms with Gasteiger partial charge in [0.1, 0.15) is 5.75 Å². The number of benzene rings is 1. The Hall–Kier alpha value is -1.51. The Morgan fingerprint density at radius 2 is 1.94 bits per heavy atom. The number of ether oxygens (including phenoxy) is 1. The van der Waals surface area contributed by atoms with Crippen molar-refractivity contribution in [3.05, 3.63) is 29.8 Å². The molecule has 0 aromatic heterocycles. The number of carbonyl (C=O) groups is 1. The molecule has 0 aliphatic carbocycles. The zero-order valence-electron chi connectivity index (χ0n) is 10.8. The van der Waals surface area contributed by atoms with Crippen LogP contribution >= 0.6 is 0 Å². The first-order chi connectivity index (χ1) is 8.77. The first-order valence-electron chi connectivity index (χ1n) is 6.82. The molecule has 0 unspecified atom stereocenters. The number of amides is 1. The van der Waals surface area contributed by atoms with Gasteiger partial charge in [0.05, 0.1) is 0 Å². The van der Waals surface area contributed by atoms with Crippen molar-refractivity contribution in [1.82, 2.24) is 4.90 Å². The molecule has 2 heterocycles. The molecule has 2 aliphatic rings. The number of hydrogen-bond donors (Lipinski definition) is 0. The van der Waals surface area contributed by atoms with Crippen LogP contribution in [-0.4, -0.2) is 30.0 Å². The van der Waals surface area contributed by atoms with Gasteiger partial charge in [-0.05, 0) is 25.3 Å². The summed E-state index contributed by atoms with van der Waals surface area (Å²) in [5.74, 6) is 1.20. The first kappa shape index (κ1) is 11.6. The number of rotatable bonds is 1. The number of piperidine rings is 1. The van der Waals surface area contributed by atoms with Crippen LogP contribution in [-0.2, 0) is 4.79 Å². The van der Waals surface area contributed by atoms with Crippen LogP contribution < -0.4 is 4.74 Å². The Kier molecular flexibility index (Phi) is 2.98. The molecule has 0 radical (unpaired) electrons. The van der Waals surface area contributed by atoms with E-state index in [-0.39, 0.29) is 17.9 Å². The number of likely N-dealkylation sites (tertiary alicyclic amines) is 1. The highest BCUT2D eigenvalue weighted by molar-refractivity contribution is 5.83. The lowest BCUT2D eigenvalue weighted by atomic mass is 9.96. The van der Waals surface area contributed by atoms with Gasteiger partial charge in [-0.25, -0.2) is 0 Å². The van der Waals surface area contributed by atoms with E-state index in [1.54, 1.807) is 0 Å². The second-order valence-electron chi connectivity index (χ2n) is 5.25. The summed E-state index contributed by atoms with van der Waals surface area (Å²) >= 11 is 0. The molecular weight excluding hydrogens is 226 g/mol. The van der Waals surface area contributed by atoms with Gasteiger partial charge in [-0.1, -0.05) is 25.1 Å². The molecule has 3 heteroatoms. The predicted molar refractivity (Wildman–Crippen MR) is 69.7 cm³/mol. The van der Waals surface area contributed by atoms with Crippen LogP contribution in [0.3, 0.4) is 0 Å². The number of carbonyl (C=O) groups excluding carboxylic acids is 1. The molecule has 96 valence electrons. The minimum atomic E-state index is -0.319. The van der Waals surface area contributed by atoms with E-state index in [9.17, 15) is 4.79 Å². The summed E-state index contributed by atoms with van der Waals surface area (Å²) in [6, 6.07) is 7.98. The largest absolute Gasteiger partial charge is 0.480 e. The zero-order chi connectivity index (χ0) is 12.5. The molecule has 1 fully saturated rings. The topological polar surface area (TPSA) is 29.5 Å². The molecule has 1 aromatic rings. The standard InChI is InChI=1S/C15H19NO2/c1-11-12-7-3-4-8-13(12)18-14(11)15(17)16-9-5-2-6-10-16/h3-4,7-8,11,14H,2,5-6,9-10H2,1H3/t11-,14+/m0/s1. The molecule has 18 heavy (non-hydrogen) atoms. The van der Waals surface area contributed by atoms with Crippen molar-refractivity contribution in [3.8, 4) is 5.75 Å². The fraction of sp³-hybridized carbons (Fsp3) is 0.533. The fourth-order valence-corrected chi connectivity index (χ4v) is 2.92. The van der Waals surface area contributed by atoms with Crippen molar-refractivity contribution >= 4 is 5.91 Å². The van der Waals surface area contributed by atoms with Gasteiger partial charge in [-0.3, -0.25) is 4.79 Å². The second-order valence-corrected chi connectivity index (χ2v) is 5.25. The van der Waals surface area contributed by atoms with Gasteiger partial charge >= 0.3 is 0 Å². The van der Waals surface area contributed by atoms with Crippen LogP contribution in [0.2, 0.25) is 0 Å². The number of hydrogen-bond acceptors (Lipinski definition) is 2. The molecule has 3 nitrogen and oxygen atoms in total. The van der Waals surface area contributed by atoms with Crippen molar-refractivity contribution in [2.45, 2.75) is 38.2 Å². The Balaban J connectivity index is 1.77. The van der Waals surface area contributed by atoms with Gasteiger partial charge < -0.3 is 9.64 Å². The number of nitrogens with zero attached hydrogens (tertiary/aromatic N) is 1. The van der Waals surface area contributed by atoms with E-state index in [2.05, 4.69) is 13.0 Å². The highest BCUT2D eigenvalue weighted by Crippen LogP contribution is 2.38. The number of fused-ring (bicyclic) bond motifs is 1. The average Bonchev–Trinajstić information content (AvgIpc) is 2.77. The summed E-state index contributed by atoms with van der Waals surface area (Å²) in [5, 5.41) is 0. The highest BCUT2D eigenvalue weighted by Gasteiger charge is 2.38. The van der Waals surface area contributed by atoms with Gasteiger partial charge in [-0.2, -0.15) is 0 Å². The zero-order valence-corrected chi connectivity index (χ0v) is 10.8. The lowest BCUT2D eigenvalue weighted by Gasteiger charge is -2.29. The van der Waals surface area contributed by atoms with Crippen LogP contribution in [0.4, 0.5) is 0 Å². The van der Waals surface area contributed by atoms with Gasteiger partial charge in [0, 0.05) is 24.6 Å². The first-order valence-corrected chi connectivity index (χ1v) is 6.82. The lowest BCUT2D eigenvalue weighted by Crippen LogP contribution is -2.44. The Labute approximate surface area is 108 Å². The van der Waals surface area contributed by atoms with Crippen molar-refractivity contribution in [2.75, 3.05) is 13.1 Å². The van der Waals surface area contributed by atoms with Gasteiger partial charge in [0.25, 0.3) is 5.91 Å². The van der Waals surface area contributed by atoms with Gasteiger partial charge in [0.15, 0.2) is 6.10 Å². The minimum absolute atomic E-state index is 0.163. The van der Waals surface area contributed by atoms with E-state index < -0.39 is 0 Å². The van der Waals surface area contributed by atoms with Crippen molar-refractivity contribution in [1.29, 1.82) is 0 Å². The summed E-state index contributed by atoms with van der Waals surface area (Å²) in [7, 11) is 0. The average molecular weight is 245 g/mol. The molecule has 2 atom stereocenters. The second kappa shape index (κ2) is 4.63. The molecule has 3 rings (SSSR count). The van der Waals surface area contributed by atoms with Crippen LogP contribution in [0.25, 0.3) is 0 Å². The Bertz CT molecular complexity index is 452. The third-order valence-corrected chi connectivity index (χ3v) is 4.03. The maximum Gasteiger partial charge on any atom is 0.264 e. The Morgan fingerprint density at radius 1 is 1.22 bits per heavy atom. The maximum atomic E-state index is 12.5. The summed E-state index contributed by atoms with van der Waals surface area (Å²) < 4.78 is 5.84. The number of para-hydroxylation sites is 1. The molecule has 1 saturated heterocycles. The normalized spacial score (nSPS) is 26.6. The lowest BCUT2D eigenvalue weighted by molar-refractivity contribution is -0.139. The molecule has 0 saturated carbocycles. The van der Waals surface area contributed by atoms with E-state index in [4.69, 9.17) is 4.74 Å². The van der Waals surface area contributed by atoms with Gasteiger partial charge in [0.2, 0.25) is 0 Å². The Morgan fingerprint density at radius 3 is 2.67 bits per heavy atom. The minimum Gasteiger partial charge on any atom is -0.480 e. The molecule has 0 spiro atoms. The van der Waals surface area contributed by atoms with E-state index in [1.165, 1.54) is 6.42 Å². The molecule has 1 aromatic carbocycles. The van der Waals surface area contributed by atoms with E-state index in [1.807, 2.05) is 23.1 Å². The van der Waals surface area contributed by atoms with Gasteiger partial charge in [-0.15, -0.1) is 0 Å². The molecule has 2 aliphatic heterocycles. The quantitative estimate of drug-likeness (QED) is 0.761. The van der Waals surface area contributed by atoms with Crippen molar-refractivity contribution in [3.63, 3.8) is 0 Å². The molecule has 1 amide bonds. The predicted octanol–water partition coefficient (Wildman–Crippen LogP) is 2.56. The SMILES string of the molecule is C[C@H]1c2ccccc2O[C@H]1C(=O)N1CCCCC1. The van der Waals surface area contributed by atoms with Crippen LogP contribution in [0.5, 0.6) is 5.75 Å². The van der Waals surface area contributed by atoms with Crippen LogP contribution in [0, 0.1) is 0 Å². The van der Waals surface area contributed by atoms with Crippen LogP contribution in [0.1, 0.15) is 37.7 Å². The van der Waals surface area contributed by atoms with E-state index in [0.717, 1.165) is 37.2 Å². The maximum absolute atomic E-state index is 12.5. The monoisotopic (exact) mass is 245 g/mol. The smallest absolute Gasteiger partial charge is 0.264 e. The van der Waals surface area contributed by atoms with E-state index in [0.29, 0.717) is 0 Å². The third-order valence-electron chi connectivity index (χ3n) is 4.03. The van der Waals surface area contributed by atoms with Crippen LogP contribution in [0.15, 0.2) is 24.3 Å².